The number of nitrogens with zero attached hydrogens (tertiary/aromatic N) is 1. The number of hydrogen-bond acceptors (Lipinski definition) is 3. The van der Waals surface area contributed by atoms with Crippen molar-refractivity contribution in [2.24, 2.45) is 5.92 Å². The van der Waals surface area contributed by atoms with Gasteiger partial charge >= 0.3 is 5.97 Å². The minimum Gasteiger partial charge on any atom is -0.481 e. The fraction of sp³-hybridized carbons (Fsp3) is 0.933. The number of carbonyl (C=O) groups is 1. The highest BCUT2D eigenvalue weighted by atomic mass is 16.5. The van der Waals surface area contributed by atoms with Crippen LogP contribution < -0.4 is 0 Å². The van der Waals surface area contributed by atoms with Crippen molar-refractivity contribution in [3.63, 3.8) is 0 Å². The molecule has 1 N–H and O–H groups in total. The first-order valence-electron chi connectivity index (χ1n) is 7.72. The summed E-state index contributed by atoms with van der Waals surface area (Å²) in [5.41, 5.74) is 0. The van der Waals surface area contributed by atoms with Crippen LogP contribution in [0.25, 0.3) is 0 Å². The minimum absolute atomic E-state index is 0.126. The van der Waals surface area contributed by atoms with Crippen LogP contribution in [0.15, 0.2) is 0 Å². The van der Waals surface area contributed by atoms with Gasteiger partial charge in [-0.15, -0.1) is 0 Å². The molecule has 0 aromatic carbocycles. The maximum atomic E-state index is 10.4. The molecule has 19 heavy (non-hydrogen) atoms. The molecule has 0 radical (unpaired) electrons. The monoisotopic (exact) mass is 269 g/mol. The number of hydrogen-bond donors (Lipinski definition) is 1. The molecule has 0 aromatic rings. The Morgan fingerprint density at radius 3 is 2.37 bits per heavy atom. The molecule has 0 atom stereocenters. The topological polar surface area (TPSA) is 49.8 Å². The lowest BCUT2D eigenvalue weighted by Gasteiger charge is -2.40. The van der Waals surface area contributed by atoms with E-state index < -0.39 is 5.97 Å². The molecule has 0 aromatic heterocycles. The number of rotatable bonds is 5. The lowest BCUT2D eigenvalue weighted by molar-refractivity contribution is -0.138. The standard InChI is InChI=1S/C15H27NO3/c1-12-2-4-13(5-3-12)16-9-6-14(7-10-16)19-11-8-15(17)18/h12-14H,2-11H2,1H3,(H,17,18). The van der Waals surface area contributed by atoms with E-state index in [0.29, 0.717) is 6.61 Å². The van der Waals surface area contributed by atoms with Gasteiger partial charge in [0.1, 0.15) is 0 Å². The molecule has 2 fully saturated rings. The van der Waals surface area contributed by atoms with Gasteiger partial charge in [-0.05, 0) is 44.4 Å². The van der Waals surface area contributed by atoms with E-state index in [1.54, 1.807) is 0 Å². The fourth-order valence-electron chi connectivity index (χ4n) is 3.33. The van der Waals surface area contributed by atoms with Crippen LogP contribution in [-0.4, -0.2) is 47.8 Å². The number of carboxylic acid groups (broad SMARTS) is 1. The van der Waals surface area contributed by atoms with Crippen molar-refractivity contribution in [1.82, 2.24) is 4.90 Å². The van der Waals surface area contributed by atoms with Crippen LogP contribution in [0.4, 0.5) is 0 Å². The molecular weight excluding hydrogens is 242 g/mol. The Balaban J connectivity index is 1.63. The van der Waals surface area contributed by atoms with E-state index >= 15 is 0 Å². The van der Waals surface area contributed by atoms with Gasteiger partial charge in [-0.3, -0.25) is 4.79 Å². The Morgan fingerprint density at radius 1 is 1.16 bits per heavy atom. The molecule has 4 heteroatoms. The average Bonchev–Trinajstić information content (AvgIpc) is 2.40. The third-order valence-electron chi connectivity index (χ3n) is 4.65. The van der Waals surface area contributed by atoms with Crippen molar-refractivity contribution in [2.45, 2.75) is 64.0 Å². The maximum absolute atomic E-state index is 10.4. The third-order valence-corrected chi connectivity index (χ3v) is 4.65. The molecule has 0 spiro atoms. The summed E-state index contributed by atoms with van der Waals surface area (Å²) in [6, 6.07) is 0.788. The Bertz CT molecular complexity index is 279. The highest BCUT2D eigenvalue weighted by Gasteiger charge is 2.27. The number of ether oxygens (including phenoxy) is 1. The van der Waals surface area contributed by atoms with E-state index in [-0.39, 0.29) is 12.5 Å². The smallest absolute Gasteiger partial charge is 0.305 e. The SMILES string of the molecule is CC1CCC(N2CCC(OCCC(=O)O)CC2)CC1. The van der Waals surface area contributed by atoms with Crippen LogP contribution in [0.5, 0.6) is 0 Å². The third kappa shape index (κ3) is 4.77. The van der Waals surface area contributed by atoms with Crippen molar-refractivity contribution in [3.05, 3.63) is 0 Å². The van der Waals surface area contributed by atoms with Gasteiger partial charge < -0.3 is 14.7 Å². The molecule has 0 bridgehead atoms. The van der Waals surface area contributed by atoms with E-state index in [1.165, 1.54) is 25.7 Å². The molecule has 2 rings (SSSR count). The molecule has 1 aliphatic carbocycles. The normalized spacial score (nSPS) is 30.4. The van der Waals surface area contributed by atoms with E-state index in [1.807, 2.05) is 0 Å². The molecule has 1 saturated heterocycles. The first kappa shape index (κ1) is 14.8. The molecular formula is C15H27NO3. The molecule has 4 nitrogen and oxygen atoms in total. The first-order valence-corrected chi connectivity index (χ1v) is 7.72. The van der Waals surface area contributed by atoms with Crippen molar-refractivity contribution in [1.29, 1.82) is 0 Å². The van der Waals surface area contributed by atoms with E-state index in [9.17, 15) is 4.79 Å². The molecule has 110 valence electrons. The van der Waals surface area contributed by atoms with Gasteiger partial charge in [-0.25, -0.2) is 0 Å². The Morgan fingerprint density at radius 2 is 1.79 bits per heavy atom. The first-order chi connectivity index (χ1) is 9.15. The molecule has 1 heterocycles. The summed E-state index contributed by atoms with van der Waals surface area (Å²) in [5.74, 6) is 0.141. The van der Waals surface area contributed by atoms with Gasteiger partial charge in [0.2, 0.25) is 0 Å². The lowest BCUT2D eigenvalue weighted by Crippen LogP contribution is -2.44. The number of aliphatic carboxylic acids is 1. The van der Waals surface area contributed by atoms with Gasteiger partial charge in [0, 0.05) is 19.1 Å². The van der Waals surface area contributed by atoms with Crippen LogP contribution in [0, 0.1) is 5.92 Å². The van der Waals surface area contributed by atoms with Gasteiger partial charge in [-0.2, -0.15) is 0 Å². The van der Waals surface area contributed by atoms with Crippen molar-refractivity contribution < 1.29 is 14.6 Å². The average molecular weight is 269 g/mol. The van der Waals surface area contributed by atoms with E-state index in [4.69, 9.17) is 9.84 Å². The van der Waals surface area contributed by atoms with Gasteiger partial charge in [-0.1, -0.05) is 6.92 Å². The highest BCUT2D eigenvalue weighted by molar-refractivity contribution is 5.66. The summed E-state index contributed by atoms with van der Waals surface area (Å²) >= 11 is 0. The minimum atomic E-state index is -0.770. The zero-order valence-electron chi connectivity index (χ0n) is 12.0. The summed E-state index contributed by atoms with van der Waals surface area (Å²) in [6.45, 7) is 4.97. The fourth-order valence-corrected chi connectivity index (χ4v) is 3.33. The van der Waals surface area contributed by atoms with Crippen molar-refractivity contribution in [3.8, 4) is 0 Å². The van der Waals surface area contributed by atoms with Gasteiger partial charge in [0.05, 0.1) is 19.1 Å². The van der Waals surface area contributed by atoms with Crippen LogP contribution in [0.1, 0.15) is 51.9 Å². The van der Waals surface area contributed by atoms with Crippen molar-refractivity contribution >= 4 is 5.97 Å². The van der Waals surface area contributed by atoms with E-state index in [2.05, 4.69) is 11.8 Å². The Labute approximate surface area is 116 Å². The Kier molecular flexibility index (Phi) is 5.64. The van der Waals surface area contributed by atoms with Crippen LogP contribution in [0.3, 0.4) is 0 Å². The molecule has 0 amide bonds. The summed E-state index contributed by atoms with van der Waals surface area (Å²) in [7, 11) is 0. The number of piperidine rings is 1. The maximum Gasteiger partial charge on any atom is 0.305 e. The molecule has 2 aliphatic rings. The molecule has 1 saturated carbocycles. The van der Waals surface area contributed by atoms with Gasteiger partial charge in [0.15, 0.2) is 0 Å². The predicted octanol–water partition coefficient (Wildman–Crippen LogP) is 2.52. The summed E-state index contributed by atoms with van der Waals surface area (Å²) in [5, 5.41) is 8.59. The quantitative estimate of drug-likeness (QED) is 0.833. The van der Waals surface area contributed by atoms with Crippen LogP contribution in [0.2, 0.25) is 0 Å². The molecule has 0 unspecified atom stereocenters. The van der Waals surface area contributed by atoms with Crippen LogP contribution >= 0.6 is 0 Å². The lowest BCUT2D eigenvalue weighted by atomic mass is 9.86. The zero-order valence-corrected chi connectivity index (χ0v) is 12.0. The highest BCUT2D eigenvalue weighted by Crippen LogP contribution is 2.29. The predicted molar refractivity (Wildman–Crippen MR) is 74.2 cm³/mol. The van der Waals surface area contributed by atoms with Crippen LogP contribution in [-0.2, 0) is 9.53 Å². The summed E-state index contributed by atoms with van der Waals surface area (Å²) < 4.78 is 5.64. The second kappa shape index (κ2) is 7.25. The van der Waals surface area contributed by atoms with Crippen molar-refractivity contribution in [2.75, 3.05) is 19.7 Å². The number of likely N-dealkylation sites (tertiary alicyclic amines) is 1. The van der Waals surface area contributed by atoms with E-state index in [0.717, 1.165) is 37.9 Å². The zero-order chi connectivity index (χ0) is 13.7. The summed E-state index contributed by atoms with van der Waals surface area (Å²) in [6.07, 6.45) is 7.98. The number of carboxylic acids is 1. The second-order valence-electron chi connectivity index (χ2n) is 6.16. The largest absolute Gasteiger partial charge is 0.481 e. The Hall–Kier alpha value is -0.610. The molecule has 1 aliphatic heterocycles. The second-order valence-corrected chi connectivity index (χ2v) is 6.16. The summed E-state index contributed by atoms with van der Waals surface area (Å²) in [4.78, 5) is 13.1. The van der Waals surface area contributed by atoms with Gasteiger partial charge in [0.25, 0.3) is 0 Å².